The summed E-state index contributed by atoms with van der Waals surface area (Å²) in [5, 5.41) is 0. The molecular weight excluding hydrogens is 458 g/mol. The molecule has 1 saturated heterocycles. The lowest BCUT2D eigenvalue weighted by molar-refractivity contribution is -0.145. The zero-order valence-electron chi connectivity index (χ0n) is 20.0. The summed E-state index contributed by atoms with van der Waals surface area (Å²) in [4.78, 5) is 15.2. The Hall–Kier alpha value is -2.62. The Morgan fingerprint density at radius 3 is 2.24 bits per heavy atom. The van der Waals surface area contributed by atoms with Crippen molar-refractivity contribution in [3.8, 4) is 11.5 Å². The summed E-state index contributed by atoms with van der Waals surface area (Å²) in [6, 6.07) is 13.1. The fourth-order valence-corrected chi connectivity index (χ4v) is 5.44. The van der Waals surface area contributed by atoms with Gasteiger partial charge in [0.05, 0.1) is 31.8 Å². The number of carbonyl (C=O) groups is 1. The van der Waals surface area contributed by atoms with Crippen LogP contribution in [-0.4, -0.2) is 77.2 Å². The normalized spacial score (nSPS) is 16.4. The zero-order valence-corrected chi connectivity index (χ0v) is 20.8. The minimum atomic E-state index is -4.06. The number of sulfone groups is 1. The van der Waals surface area contributed by atoms with E-state index in [2.05, 4.69) is 4.90 Å². The van der Waals surface area contributed by atoms with Gasteiger partial charge in [0.1, 0.15) is 18.1 Å². The van der Waals surface area contributed by atoms with Gasteiger partial charge < -0.3 is 18.9 Å². The van der Waals surface area contributed by atoms with E-state index >= 15 is 0 Å². The summed E-state index contributed by atoms with van der Waals surface area (Å²) in [5.74, 6) is 0.436. The van der Waals surface area contributed by atoms with Crippen molar-refractivity contribution in [2.24, 2.45) is 0 Å². The molecule has 1 aliphatic heterocycles. The van der Waals surface area contributed by atoms with Crippen molar-refractivity contribution in [1.29, 1.82) is 0 Å². The average Bonchev–Trinajstić information content (AvgIpc) is 2.85. The number of nitrogens with zero attached hydrogens (tertiary/aromatic N) is 1. The zero-order chi connectivity index (χ0) is 24.6. The minimum absolute atomic E-state index is 0.0335. The number of hydrogen-bond acceptors (Lipinski definition) is 8. The molecule has 2 aromatic rings. The molecule has 186 valence electrons. The molecule has 1 aliphatic rings. The first-order chi connectivity index (χ1) is 16.3. The number of ether oxygens (including phenoxy) is 4. The largest absolute Gasteiger partial charge is 0.497 e. The Bertz CT molecular complexity index is 1030. The quantitative estimate of drug-likeness (QED) is 0.443. The van der Waals surface area contributed by atoms with Crippen LogP contribution >= 0.6 is 0 Å². The van der Waals surface area contributed by atoms with E-state index in [1.807, 2.05) is 0 Å². The van der Waals surface area contributed by atoms with Crippen LogP contribution in [0.1, 0.15) is 19.4 Å². The summed E-state index contributed by atoms with van der Waals surface area (Å²) in [6.07, 6.45) is -0.0335. The van der Waals surface area contributed by atoms with Crippen molar-refractivity contribution in [3.63, 3.8) is 0 Å². The lowest BCUT2D eigenvalue weighted by Gasteiger charge is -2.27. The maximum Gasteiger partial charge on any atom is 0.327 e. The van der Waals surface area contributed by atoms with Gasteiger partial charge in [-0.1, -0.05) is 12.1 Å². The summed E-state index contributed by atoms with van der Waals surface area (Å²) >= 11 is 0. The third-order valence-corrected chi connectivity index (χ3v) is 8.30. The number of rotatable bonds is 11. The van der Waals surface area contributed by atoms with Gasteiger partial charge in [0, 0.05) is 26.1 Å². The average molecular weight is 492 g/mol. The van der Waals surface area contributed by atoms with Crippen LogP contribution in [-0.2, 0) is 30.5 Å². The Labute approximate surface area is 201 Å². The molecule has 0 aromatic heterocycles. The highest BCUT2D eigenvalue weighted by Gasteiger charge is 2.48. The molecule has 3 rings (SSSR count). The molecular formula is C25H33NO7S. The summed E-state index contributed by atoms with van der Waals surface area (Å²) in [6.45, 7) is 7.80. The van der Waals surface area contributed by atoms with E-state index in [1.165, 1.54) is 26.2 Å². The highest BCUT2D eigenvalue weighted by Crippen LogP contribution is 2.32. The second-order valence-corrected chi connectivity index (χ2v) is 10.6. The first kappa shape index (κ1) is 26.0. The van der Waals surface area contributed by atoms with Gasteiger partial charge in [-0.3, -0.25) is 9.69 Å². The topological polar surface area (TPSA) is 91.4 Å². The molecule has 0 amide bonds. The van der Waals surface area contributed by atoms with Crippen LogP contribution in [0.5, 0.6) is 11.5 Å². The van der Waals surface area contributed by atoms with Gasteiger partial charge in [-0.2, -0.15) is 0 Å². The summed E-state index contributed by atoms with van der Waals surface area (Å²) < 4.78 is 46.8. The molecule has 2 aromatic carbocycles. The highest BCUT2D eigenvalue weighted by molar-refractivity contribution is 7.93. The maximum atomic E-state index is 13.6. The first-order valence-electron chi connectivity index (χ1n) is 11.4. The van der Waals surface area contributed by atoms with E-state index in [-0.39, 0.29) is 17.9 Å². The molecule has 1 fully saturated rings. The number of methoxy groups -OCH3 is 1. The monoisotopic (exact) mass is 491 g/mol. The van der Waals surface area contributed by atoms with Crippen molar-refractivity contribution < 1.29 is 32.2 Å². The van der Waals surface area contributed by atoms with E-state index in [1.54, 1.807) is 43.3 Å². The third-order valence-electron chi connectivity index (χ3n) is 5.91. The number of morpholine rings is 1. The van der Waals surface area contributed by atoms with Crippen LogP contribution in [0.15, 0.2) is 53.4 Å². The highest BCUT2D eigenvalue weighted by atomic mass is 32.2. The molecule has 0 bridgehead atoms. The molecule has 0 radical (unpaired) electrons. The molecule has 1 atom stereocenters. The first-order valence-corrected chi connectivity index (χ1v) is 12.9. The van der Waals surface area contributed by atoms with E-state index in [0.29, 0.717) is 23.7 Å². The van der Waals surface area contributed by atoms with Crippen LogP contribution in [0.2, 0.25) is 0 Å². The number of carbonyl (C=O) groups excluding carboxylic acids is 1. The molecule has 1 unspecified atom stereocenters. The van der Waals surface area contributed by atoms with Crippen LogP contribution < -0.4 is 9.47 Å². The van der Waals surface area contributed by atoms with Gasteiger partial charge in [0.2, 0.25) is 0 Å². The molecule has 1 heterocycles. The molecule has 9 heteroatoms. The standard InChI is InChI=1S/C25H33NO7S/c1-4-32-24(27)25(2,34(28,29)23-11-9-21(30-3)10-12-23)19-20-5-7-22(8-6-20)33-18-15-26-13-16-31-17-14-26/h5-12H,4,13-19H2,1-3H3. The second kappa shape index (κ2) is 11.7. The van der Waals surface area contributed by atoms with Gasteiger partial charge in [0.15, 0.2) is 14.6 Å². The van der Waals surface area contributed by atoms with Gasteiger partial charge in [-0.05, 0) is 55.8 Å². The van der Waals surface area contributed by atoms with Gasteiger partial charge in [-0.25, -0.2) is 8.42 Å². The Balaban J connectivity index is 1.74. The van der Waals surface area contributed by atoms with Crippen LogP contribution in [0.25, 0.3) is 0 Å². The third kappa shape index (κ3) is 6.08. The molecule has 0 N–H and O–H groups in total. The van der Waals surface area contributed by atoms with Gasteiger partial charge in [-0.15, -0.1) is 0 Å². The van der Waals surface area contributed by atoms with E-state index in [4.69, 9.17) is 18.9 Å². The van der Waals surface area contributed by atoms with Crippen molar-refractivity contribution in [2.45, 2.75) is 29.9 Å². The summed E-state index contributed by atoms with van der Waals surface area (Å²) in [7, 11) is -2.56. The number of hydrogen-bond donors (Lipinski definition) is 0. The van der Waals surface area contributed by atoms with Gasteiger partial charge >= 0.3 is 5.97 Å². The van der Waals surface area contributed by atoms with E-state index in [0.717, 1.165) is 32.8 Å². The molecule has 8 nitrogen and oxygen atoms in total. The summed E-state index contributed by atoms with van der Waals surface area (Å²) in [5.41, 5.74) is 0.688. The van der Waals surface area contributed by atoms with E-state index < -0.39 is 20.6 Å². The van der Waals surface area contributed by atoms with Crippen molar-refractivity contribution in [2.75, 3.05) is 53.2 Å². The predicted octanol–water partition coefficient (Wildman–Crippen LogP) is 2.74. The Kier molecular flexibility index (Phi) is 8.93. The van der Waals surface area contributed by atoms with Crippen LogP contribution in [0.3, 0.4) is 0 Å². The fourth-order valence-electron chi connectivity index (χ4n) is 3.79. The fraction of sp³-hybridized carbons (Fsp3) is 0.480. The SMILES string of the molecule is CCOC(=O)C(C)(Cc1ccc(OCCN2CCOCC2)cc1)S(=O)(=O)c1ccc(OC)cc1. The second-order valence-electron chi connectivity index (χ2n) is 8.25. The van der Waals surface area contributed by atoms with Crippen molar-refractivity contribution in [1.82, 2.24) is 4.90 Å². The van der Waals surface area contributed by atoms with Gasteiger partial charge in [0.25, 0.3) is 0 Å². The molecule has 0 spiro atoms. The number of esters is 1. The smallest absolute Gasteiger partial charge is 0.327 e. The van der Waals surface area contributed by atoms with Crippen molar-refractivity contribution in [3.05, 3.63) is 54.1 Å². The van der Waals surface area contributed by atoms with Crippen LogP contribution in [0.4, 0.5) is 0 Å². The Morgan fingerprint density at radius 2 is 1.65 bits per heavy atom. The van der Waals surface area contributed by atoms with E-state index in [9.17, 15) is 13.2 Å². The lowest BCUT2D eigenvalue weighted by Crippen LogP contribution is -2.46. The molecule has 0 aliphatic carbocycles. The van der Waals surface area contributed by atoms with Crippen molar-refractivity contribution >= 4 is 15.8 Å². The molecule has 0 saturated carbocycles. The Morgan fingerprint density at radius 1 is 1.03 bits per heavy atom. The molecule has 34 heavy (non-hydrogen) atoms. The number of benzene rings is 2. The maximum absolute atomic E-state index is 13.6. The predicted molar refractivity (Wildman–Crippen MR) is 128 cm³/mol. The minimum Gasteiger partial charge on any atom is -0.497 e. The van der Waals surface area contributed by atoms with Crippen LogP contribution in [0, 0.1) is 0 Å². The lowest BCUT2D eigenvalue weighted by atomic mass is 10.00.